The molecule has 0 saturated carbocycles. The normalized spacial score (nSPS) is 17.1. The number of benzene rings is 4. The van der Waals surface area contributed by atoms with E-state index in [4.69, 9.17) is 30.0 Å². The molecule has 6 aromatic rings. The second-order valence-corrected chi connectivity index (χ2v) is 15.6. The molecule has 0 aliphatic carbocycles. The third kappa shape index (κ3) is 9.34. The maximum Gasteiger partial charge on any atom is 0.204 e. The van der Waals surface area contributed by atoms with E-state index in [2.05, 4.69) is 20.3 Å². The van der Waals surface area contributed by atoms with E-state index in [0.717, 1.165) is 0 Å². The number of morpholine rings is 2. The van der Waals surface area contributed by atoms with Gasteiger partial charge in [-0.2, -0.15) is 4.99 Å². The van der Waals surface area contributed by atoms with E-state index in [9.17, 15) is 10.2 Å². The molecule has 2 saturated heterocycles. The van der Waals surface area contributed by atoms with Gasteiger partial charge in [-0.05, 0) is 34.4 Å². The van der Waals surface area contributed by atoms with Crippen LogP contribution in [0.5, 0.6) is 0 Å². The van der Waals surface area contributed by atoms with Gasteiger partial charge in [0.25, 0.3) is 0 Å². The van der Waals surface area contributed by atoms with Gasteiger partial charge >= 0.3 is 0 Å². The SMILES string of the molecule is CC(c1ccc(-c2ccccc2)c(F)c1)c1onc(CN=C(N)N2CCOCC2)c1C(O)C(O)c1c(N=C(N)N2CCOCC2)noc1C(C)c1ccc(-c2ccccc2)c(F)c1. The predicted octanol–water partition coefficient (Wildman–Crippen LogP) is 6.77. The lowest BCUT2D eigenvalue weighted by molar-refractivity contribution is 0.0147. The standard InChI is InChI=1S/C47H50F2N8O6/c1-28(32-13-15-34(36(48)25-32)30-9-5-3-6-10-30)43-39(38(54-62-43)27-52-46(50)56-17-21-60-22-18-56)41(58)42(59)40-44(63-55-45(40)53-47(51)57-19-23-61-24-20-57)29(2)33-14-16-35(37(49)26-33)31-11-7-4-8-12-31/h3-16,25-26,28-29,41-42,58-59H,17-24,27H2,1-2H3,(H2,50,52)(H2,51,53,55). The summed E-state index contributed by atoms with van der Waals surface area (Å²) in [5.41, 5.74) is 16.5. The molecule has 4 aromatic carbocycles. The van der Waals surface area contributed by atoms with Gasteiger partial charge in [-0.15, -0.1) is 0 Å². The Kier molecular flexibility index (Phi) is 13.2. The van der Waals surface area contributed by atoms with Gasteiger partial charge < -0.3 is 50.0 Å². The molecule has 328 valence electrons. The summed E-state index contributed by atoms with van der Waals surface area (Å²) in [5, 5.41) is 33.6. The minimum absolute atomic E-state index is 0.0131. The minimum Gasteiger partial charge on any atom is -0.385 e. The molecule has 0 amide bonds. The lowest BCUT2D eigenvalue weighted by Gasteiger charge is -2.27. The zero-order valence-electron chi connectivity index (χ0n) is 35.0. The molecule has 63 heavy (non-hydrogen) atoms. The molecule has 4 atom stereocenters. The third-order valence-corrected chi connectivity index (χ3v) is 11.7. The molecule has 2 aromatic heterocycles. The Labute approximate surface area is 363 Å². The van der Waals surface area contributed by atoms with E-state index in [-0.39, 0.29) is 52.6 Å². The van der Waals surface area contributed by atoms with Crippen LogP contribution in [0.1, 0.15) is 77.4 Å². The number of aliphatic hydroxyl groups excluding tert-OH is 2. The van der Waals surface area contributed by atoms with Crippen LogP contribution in [0.25, 0.3) is 22.3 Å². The van der Waals surface area contributed by atoms with E-state index < -0.39 is 35.7 Å². The van der Waals surface area contributed by atoms with Gasteiger partial charge in [-0.3, -0.25) is 0 Å². The van der Waals surface area contributed by atoms with Gasteiger partial charge in [0, 0.05) is 49.1 Å². The average molecular weight is 861 g/mol. The molecular formula is C47H50F2N8O6. The van der Waals surface area contributed by atoms with E-state index >= 15 is 8.78 Å². The molecule has 2 fully saturated rings. The lowest BCUT2D eigenvalue weighted by Crippen LogP contribution is -2.44. The van der Waals surface area contributed by atoms with Gasteiger partial charge in [0.05, 0.1) is 44.1 Å². The highest BCUT2D eigenvalue weighted by molar-refractivity contribution is 5.81. The van der Waals surface area contributed by atoms with Crippen molar-refractivity contribution < 1.29 is 37.5 Å². The van der Waals surface area contributed by atoms with E-state index in [1.807, 2.05) is 70.5 Å². The number of nitrogens with two attached hydrogens (primary N) is 2. The molecule has 0 radical (unpaired) electrons. The van der Waals surface area contributed by atoms with Crippen LogP contribution in [0.2, 0.25) is 0 Å². The largest absolute Gasteiger partial charge is 0.385 e. The van der Waals surface area contributed by atoms with Crippen LogP contribution in [-0.4, -0.2) is 94.9 Å². The van der Waals surface area contributed by atoms with Crippen LogP contribution in [-0.2, 0) is 16.0 Å². The first-order valence-electron chi connectivity index (χ1n) is 20.9. The van der Waals surface area contributed by atoms with Gasteiger partial charge in [-0.25, -0.2) is 13.8 Å². The molecular weight excluding hydrogens is 811 g/mol. The summed E-state index contributed by atoms with van der Waals surface area (Å²) < 4.78 is 54.5. The first-order chi connectivity index (χ1) is 30.6. The topological polar surface area (TPSA) is 194 Å². The third-order valence-electron chi connectivity index (χ3n) is 11.7. The lowest BCUT2D eigenvalue weighted by atomic mass is 9.87. The van der Waals surface area contributed by atoms with Crippen molar-refractivity contribution in [2.45, 2.75) is 44.4 Å². The van der Waals surface area contributed by atoms with Crippen molar-refractivity contribution in [3.05, 3.63) is 148 Å². The van der Waals surface area contributed by atoms with Gasteiger partial charge in [0.1, 0.15) is 35.3 Å². The van der Waals surface area contributed by atoms with Crippen molar-refractivity contribution in [3.8, 4) is 22.3 Å². The van der Waals surface area contributed by atoms with Crippen LogP contribution < -0.4 is 11.5 Å². The van der Waals surface area contributed by atoms with Crippen LogP contribution in [0, 0.1) is 11.6 Å². The van der Waals surface area contributed by atoms with E-state index in [1.165, 1.54) is 12.1 Å². The molecule has 16 heteroatoms. The number of ether oxygens (including phenoxy) is 2. The predicted molar refractivity (Wildman–Crippen MR) is 233 cm³/mol. The number of aromatic nitrogens is 2. The van der Waals surface area contributed by atoms with Crippen molar-refractivity contribution in [3.63, 3.8) is 0 Å². The monoisotopic (exact) mass is 860 g/mol. The highest BCUT2D eigenvalue weighted by atomic mass is 19.1. The highest BCUT2D eigenvalue weighted by Gasteiger charge is 2.38. The fraction of sp³-hybridized carbons (Fsp3) is 0.319. The summed E-state index contributed by atoms with van der Waals surface area (Å²) in [7, 11) is 0. The number of hydrogen-bond donors (Lipinski definition) is 4. The van der Waals surface area contributed by atoms with Gasteiger partial charge in [0.15, 0.2) is 17.7 Å². The second-order valence-electron chi connectivity index (χ2n) is 15.6. The van der Waals surface area contributed by atoms with Crippen LogP contribution in [0.15, 0.2) is 116 Å². The Morgan fingerprint density at radius 3 is 1.62 bits per heavy atom. The fourth-order valence-electron chi connectivity index (χ4n) is 8.00. The maximum absolute atomic E-state index is 15.8. The second kappa shape index (κ2) is 19.3. The van der Waals surface area contributed by atoms with Gasteiger partial charge in [0.2, 0.25) is 5.82 Å². The number of hydrogen-bond acceptors (Lipinski definition) is 10. The maximum atomic E-state index is 15.8. The molecule has 14 nitrogen and oxygen atoms in total. The average Bonchev–Trinajstić information content (AvgIpc) is 3.95. The number of aliphatic imine (C=N–C) groups is 2. The number of nitrogens with zero attached hydrogens (tertiary/aromatic N) is 6. The van der Waals surface area contributed by atoms with Crippen molar-refractivity contribution >= 4 is 17.7 Å². The van der Waals surface area contributed by atoms with Crippen molar-refractivity contribution in [2.24, 2.45) is 21.5 Å². The molecule has 4 heterocycles. The number of rotatable bonds is 12. The Morgan fingerprint density at radius 2 is 1.11 bits per heavy atom. The van der Waals surface area contributed by atoms with Crippen LogP contribution in [0.3, 0.4) is 0 Å². The highest BCUT2D eigenvalue weighted by Crippen LogP contribution is 2.45. The molecule has 2 aliphatic heterocycles. The minimum atomic E-state index is -1.79. The summed E-state index contributed by atoms with van der Waals surface area (Å²) in [6.45, 7) is 7.29. The van der Waals surface area contributed by atoms with Gasteiger partial charge in [-0.1, -0.05) is 109 Å². The Balaban J connectivity index is 1.20. The zero-order chi connectivity index (χ0) is 44.0. The summed E-state index contributed by atoms with van der Waals surface area (Å²) in [4.78, 5) is 12.9. The molecule has 0 spiro atoms. The molecule has 2 aliphatic rings. The zero-order valence-corrected chi connectivity index (χ0v) is 35.0. The smallest absolute Gasteiger partial charge is 0.204 e. The Hall–Kier alpha value is -6.46. The molecule has 6 N–H and O–H groups in total. The first kappa shape index (κ1) is 43.2. The van der Waals surface area contributed by atoms with Crippen molar-refractivity contribution in [2.75, 3.05) is 52.6 Å². The first-order valence-corrected chi connectivity index (χ1v) is 20.9. The molecule has 4 unspecified atom stereocenters. The van der Waals surface area contributed by atoms with E-state index in [0.29, 0.717) is 86.0 Å². The Bertz CT molecular complexity index is 2560. The fourth-order valence-corrected chi connectivity index (χ4v) is 8.00. The summed E-state index contributed by atoms with van der Waals surface area (Å²) in [6.07, 6.45) is -3.56. The van der Waals surface area contributed by atoms with E-state index in [1.54, 1.807) is 38.1 Å². The molecule has 8 rings (SSSR count). The van der Waals surface area contributed by atoms with Crippen molar-refractivity contribution in [1.29, 1.82) is 0 Å². The number of guanidine groups is 2. The van der Waals surface area contributed by atoms with Crippen LogP contribution >= 0.6 is 0 Å². The summed E-state index contributed by atoms with van der Waals surface area (Å²) in [5.74, 6) is -1.77. The number of halogens is 2. The molecule has 0 bridgehead atoms. The summed E-state index contributed by atoms with van der Waals surface area (Å²) in [6, 6.07) is 28.1. The van der Waals surface area contributed by atoms with Crippen LogP contribution in [0.4, 0.5) is 14.6 Å². The number of aliphatic hydroxyl groups is 2. The quantitative estimate of drug-likeness (QED) is 0.0747. The van der Waals surface area contributed by atoms with Crippen molar-refractivity contribution in [1.82, 2.24) is 20.1 Å². The summed E-state index contributed by atoms with van der Waals surface area (Å²) >= 11 is 0. The Morgan fingerprint density at radius 1 is 0.651 bits per heavy atom.